The molecule has 0 bridgehead atoms. The normalized spacial score (nSPS) is 32.1. The molecule has 0 spiro atoms. The van der Waals surface area contributed by atoms with Crippen molar-refractivity contribution in [1.82, 2.24) is 0 Å². The van der Waals surface area contributed by atoms with Gasteiger partial charge in [0, 0.05) is 139 Å². The van der Waals surface area contributed by atoms with Gasteiger partial charge in [0.1, 0.15) is 12.2 Å². The van der Waals surface area contributed by atoms with Crippen molar-refractivity contribution in [2.75, 3.05) is 13.2 Å². The monoisotopic (exact) mass is 829 g/mol. The van der Waals surface area contributed by atoms with Gasteiger partial charge in [0.2, 0.25) is 0 Å². The van der Waals surface area contributed by atoms with Crippen LogP contribution in [0.15, 0.2) is 0 Å². The second-order valence-corrected chi connectivity index (χ2v) is 2.44. The summed E-state index contributed by atoms with van der Waals surface area (Å²) in [5, 5.41) is 26.7. The summed E-state index contributed by atoms with van der Waals surface area (Å²) in [6, 6.07) is 0. The summed E-state index contributed by atoms with van der Waals surface area (Å²) >= 11 is 0. The summed E-state index contributed by atoms with van der Waals surface area (Å²) in [7, 11) is 0. The molecule has 0 amide bonds. The quantitative estimate of drug-likeness (QED) is 0.301. The topological polar surface area (TPSA) is 69.9 Å². The molecule has 13 heavy (non-hydrogen) atoms. The van der Waals surface area contributed by atoms with Gasteiger partial charge in [-0.1, -0.05) is 0 Å². The second-order valence-electron chi connectivity index (χ2n) is 2.44. The Hall–Kier alpha value is 4.16. The van der Waals surface area contributed by atoms with Gasteiger partial charge in [-0.3, -0.25) is 0 Å². The zero-order chi connectivity index (χ0) is 7.56. The van der Waals surface area contributed by atoms with Crippen LogP contribution in [-0.4, -0.2) is 46.8 Å². The molecule has 69 valence electrons. The van der Waals surface area contributed by atoms with Gasteiger partial charge < -0.3 is 20.1 Å². The average Bonchev–Trinajstić information content (AvgIpc) is 1.95. The van der Waals surface area contributed by atoms with E-state index >= 15 is 0 Å². The van der Waals surface area contributed by atoms with Crippen molar-refractivity contribution >= 4 is 0 Å². The van der Waals surface area contributed by atoms with Gasteiger partial charge in [-0.2, -0.15) is 0 Å². The molecule has 0 saturated carbocycles. The third-order valence-electron chi connectivity index (χ3n) is 1.70. The molecule has 1 heterocycles. The molecule has 3 N–H and O–H groups in total. The van der Waals surface area contributed by atoms with Crippen molar-refractivity contribution in [3.05, 3.63) is 0 Å². The smallest absolute Gasteiger partial charge is 0.109 e. The van der Waals surface area contributed by atoms with E-state index in [1.807, 2.05) is 0 Å². The summed E-state index contributed by atoms with van der Waals surface area (Å²) in [6.45, 7) is 0.168. The Morgan fingerprint density at radius 1 is 1.15 bits per heavy atom. The minimum atomic E-state index is -0.932. The Kier molecular flexibility index (Phi) is 21.7. The fourth-order valence-electron chi connectivity index (χ4n) is 1.02. The molecule has 4 nitrogen and oxygen atoms in total. The van der Waals surface area contributed by atoms with Gasteiger partial charge >= 0.3 is 0 Å². The van der Waals surface area contributed by atoms with E-state index in [1.165, 1.54) is 0 Å². The van der Waals surface area contributed by atoms with Gasteiger partial charge in [0.25, 0.3) is 0 Å². The zero-order valence-corrected chi connectivity index (χ0v) is 21.6. The predicted octanol–water partition coefficient (Wildman–Crippen LogP) is -1.51. The van der Waals surface area contributed by atoms with E-state index in [4.69, 9.17) is 20.1 Å². The van der Waals surface area contributed by atoms with E-state index in [1.54, 1.807) is 0 Å². The summed E-state index contributed by atoms with van der Waals surface area (Å²) < 4.78 is 4.95. The van der Waals surface area contributed by atoms with Crippen molar-refractivity contribution in [3.63, 3.8) is 0 Å². The molecular weight excluding hydrogens is 817 g/mol. The van der Waals surface area contributed by atoms with Crippen molar-refractivity contribution in [2.45, 2.75) is 24.7 Å². The third kappa shape index (κ3) is 7.98. The maximum Gasteiger partial charge on any atom is 0.109 e. The molecule has 1 rings (SSSR count). The van der Waals surface area contributed by atoms with Crippen LogP contribution in [0.2, 0.25) is 0 Å². The Labute approximate surface area is 185 Å². The minimum absolute atomic E-state index is 0. The van der Waals surface area contributed by atoms with E-state index in [9.17, 15) is 0 Å². The third-order valence-corrected chi connectivity index (χ3v) is 1.70. The second kappa shape index (κ2) is 12.6. The average molecular weight is 829 g/mol. The van der Waals surface area contributed by atoms with E-state index in [-0.39, 0.29) is 139 Å². The predicted molar refractivity (Wildman–Crippen MR) is 33.5 cm³/mol. The molecule has 1 aliphatic rings. The van der Waals surface area contributed by atoms with Gasteiger partial charge in [-0.05, 0) is 6.42 Å². The maximum atomic E-state index is 9.10. The number of ether oxygens (including phenoxy) is 1. The van der Waals surface area contributed by atoms with Crippen molar-refractivity contribution < 1.29 is 152 Å². The molecular formula is C6H12Ac3O4. The van der Waals surface area contributed by atoms with Gasteiger partial charge in [-0.25, -0.2) is 0 Å². The van der Waals surface area contributed by atoms with Crippen LogP contribution in [0, 0.1) is 132 Å². The standard InChI is InChI=1S/C6H12O4.3Ac/c7-3-5-6(9)4(8)1-2-10-5;;;/h4-9H,1-3H2;;;/t4-,5?,6-;;;/m1.../s1. The van der Waals surface area contributed by atoms with Crippen molar-refractivity contribution in [2.24, 2.45) is 0 Å². The Morgan fingerprint density at radius 3 is 2.08 bits per heavy atom. The summed E-state index contributed by atoms with van der Waals surface area (Å²) in [4.78, 5) is 0. The van der Waals surface area contributed by atoms with Gasteiger partial charge in [0.15, 0.2) is 0 Å². The first-order valence-electron chi connectivity index (χ1n) is 3.34. The summed E-state index contributed by atoms with van der Waals surface area (Å²) in [5.74, 6) is 0. The van der Waals surface area contributed by atoms with E-state index in [0.29, 0.717) is 13.0 Å². The van der Waals surface area contributed by atoms with Crippen molar-refractivity contribution in [3.8, 4) is 0 Å². The van der Waals surface area contributed by atoms with Crippen LogP contribution in [0.3, 0.4) is 0 Å². The van der Waals surface area contributed by atoms with Crippen LogP contribution in [0.25, 0.3) is 0 Å². The molecule has 1 aliphatic heterocycles. The van der Waals surface area contributed by atoms with Crippen LogP contribution in [0.4, 0.5) is 0 Å². The van der Waals surface area contributed by atoms with Crippen LogP contribution in [0.5, 0.6) is 0 Å². The molecule has 1 fully saturated rings. The van der Waals surface area contributed by atoms with Gasteiger partial charge in [0.05, 0.1) is 12.7 Å². The van der Waals surface area contributed by atoms with Gasteiger partial charge in [-0.15, -0.1) is 0 Å². The van der Waals surface area contributed by atoms with E-state index < -0.39 is 18.3 Å². The van der Waals surface area contributed by atoms with E-state index in [2.05, 4.69) is 0 Å². The van der Waals surface area contributed by atoms with Crippen LogP contribution in [0.1, 0.15) is 6.42 Å². The Balaban J connectivity index is -0.000000333. The maximum absolute atomic E-state index is 9.10. The number of hydrogen-bond donors (Lipinski definition) is 3. The summed E-state index contributed by atoms with van der Waals surface area (Å²) in [6.07, 6.45) is -1.84. The Morgan fingerprint density at radius 2 is 1.69 bits per heavy atom. The van der Waals surface area contributed by atoms with E-state index in [0.717, 1.165) is 0 Å². The minimum Gasteiger partial charge on any atom is -0.394 e. The first-order valence-corrected chi connectivity index (χ1v) is 3.34. The number of aliphatic hydroxyl groups is 3. The Bertz CT molecular complexity index is 116. The first-order chi connectivity index (χ1) is 4.75. The van der Waals surface area contributed by atoms with Crippen LogP contribution in [-0.2, 0) is 4.74 Å². The fraction of sp³-hybridized carbons (Fsp3) is 1.00. The van der Waals surface area contributed by atoms with Crippen LogP contribution >= 0.6 is 0 Å². The zero-order valence-electron chi connectivity index (χ0n) is 7.34. The fourth-order valence-corrected chi connectivity index (χ4v) is 1.02. The van der Waals surface area contributed by atoms with Crippen molar-refractivity contribution in [1.29, 1.82) is 0 Å². The number of rotatable bonds is 1. The molecule has 1 saturated heterocycles. The molecule has 1 unspecified atom stereocenters. The SMILES string of the molecule is OCC1OCC[C@@H](O)[C@H]1O.[Ac].[Ac].[Ac]. The molecule has 0 aromatic heterocycles. The molecule has 0 aromatic carbocycles. The summed E-state index contributed by atoms with van der Waals surface area (Å²) in [5.41, 5.74) is 0. The molecule has 0 aliphatic carbocycles. The number of hydrogen-bond acceptors (Lipinski definition) is 4. The molecule has 7 heteroatoms. The first kappa shape index (κ1) is 22.4. The molecule has 3 atom stereocenters. The largest absolute Gasteiger partial charge is 0.394 e. The molecule has 3 radical (unpaired) electrons. The molecule has 0 aromatic rings. The van der Waals surface area contributed by atoms with Crippen LogP contribution < -0.4 is 0 Å². The number of aliphatic hydroxyl groups excluding tert-OH is 3.